The zero-order chi connectivity index (χ0) is 15.6. The number of aliphatic hydroxyl groups is 1. The maximum Gasteiger partial charge on any atom is 0.240 e. The molecule has 4 N–H and O–H groups in total. The molecule has 1 saturated heterocycles. The first-order valence-electron chi connectivity index (χ1n) is 7.59. The van der Waals surface area contributed by atoms with E-state index in [1.807, 2.05) is 37.3 Å². The molecule has 1 aliphatic rings. The Hall–Kier alpha value is -2.05. The van der Waals surface area contributed by atoms with Crippen molar-refractivity contribution >= 4 is 5.95 Å². The van der Waals surface area contributed by atoms with E-state index >= 15 is 0 Å². The third-order valence-corrected chi connectivity index (χ3v) is 4.39. The summed E-state index contributed by atoms with van der Waals surface area (Å²) in [6, 6.07) is 9.76. The Balaban J connectivity index is 2.03. The van der Waals surface area contributed by atoms with Gasteiger partial charge in [-0.05, 0) is 19.4 Å². The van der Waals surface area contributed by atoms with E-state index in [2.05, 4.69) is 20.5 Å². The monoisotopic (exact) mass is 299 g/mol. The molecular formula is C16H21N5O. The van der Waals surface area contributed by atoms with Gasteiger partial charge in [0.1, 0.15) is 0 Å². The molecule has 1 fully saturated rings. The minimum absolute atomic E-state index is 0.142. The second-order valence-corrected chi connectivity index (χ2v) is 5.88. The molecule has 0 spiro atoms. The fraction of sp³-hybridized carbons (Fsp3) is 0.438. The summed E-state index contributed by atoms with van der Waals surface area (Å²) in [5, 5.41) is 22.3. The molecule has 3 rings (SSSR count). The van der Waals surface area contributed by atoms with Gasteiger partial charge in [-0.25, -0.2) is 4.98 Å². The highest BCUT2D eigenvalue weighted by molar-refractivity contribution is 5.63. The number of hydrogen-bond donors (Lipinski definition) is 3. The number of piperidine rings is 1. The highest BCUT2D eigenvalue weighted by atomic mass is 16.3. The number of nitrogen functional groups attached to an aromatic ring is 1. The summed E-state index contributed by atoms with van der Waals surface area (Å²) >= 11 is 0. The van der Waals surface area contributed by atoms with Crippen LogP contribution in [0.25, 0.3) is 11.3 Å². The number of hydrogen-bond acceptors (Lipinski definition) is 6. The third-order valence-electron chi connectivity index (χ3n) is 4.39. The molecule has 0 bridgehead atoms. The average Bonchev–Trinajstić information content (AvgIpc) is 2.56. The van der Waals surface area contributed by atoms with Crippen LogP contribution in [0.4, 0.5) is 5.95 Å². The van der Waals surface area contributed by atoms with E-state index in [9.17, 15) is 5.11 Å². The maximum absolute atomic E-state index is 10.9. The van der Waals surface area contributed by atoms with E-state index in [1.54, 1.807) is 0 Å². The number of nitrogens with zero attached hydrogens (tertiary/aromatic N) is 3. The largest absolute Gasteiger partial charge is 0.388 e. The van der Waals surface area contributed by atoms with Crippen LogP contribution < -0.4 is 11.1 Å². The molecule has 116 valence electrons. The summed E-state index contributed by atoms with van der Waals surface area (Å²) in [6.07, 6.45) is 1.68. The highest BCUT2D eigenvalue weighted by Crippen LogP contribution is 2.36. The van der Waals surface area contributed by atoms with Gasteiger partial charge in [0.2, 0.25) is 5.95 Å². The van der Waals surface area contributed by atoms with E-state index in [4.69, 9.17) is 5.73 Å². The molecule has 2 heterocycles. The van der Waals surface area contributed by atoms with E-state index in [0.717, 1.165) is 24.9 Å². The molecule has 0 radical (unpaired) electrons. The minimum atomic E-state index is -0.839. The lowest BCUT2D eigenvalue weighted by molar-refractivity contribution is -0.00592. The fourth-order valence-electron chi connectivity index (χ4n) is 2.98. The third kappa shape index (κ3) is 2.80. The van der Waals surface area contributed by atoms with Crippen molar-refractivity contribution in [1.82, 2.24) is 20.5 Å². The summed E-state index contributed by atoms with van der Waals surface area (Å²) in [6.45, 7) is 3.46. The van der Waals surface area contributed by atoms with E-state index in [-0.39, 0.29) is 11.9 Å². The van der Waals surface area contributed by atoms with Gasteiger partial charge in [0.05, 0.1) is 17.0 Å². The smallest absolute Gasteiger partial charge is 0.240 e. The van der Waals surface area contributed by atoms with Gasteiger partial charge in [-0.1, -0.05) is 37.3 Å². The average molecular weight is 299 g/mol. The Morgan fingerprint density at radius 3 is 2.73 bits per heavy atom. The van der Waals surface area contributed by atoms with Gasteiger partial charge in [0, 0.05) is 18.0 Å². The lowest BCUT2D eigenvalue weighted by atomic mass is 9.79. The van der Waals surface area contributed by atoms with Gasteiger partial charge in [0.25, 0.3) is 0 Å². The Morgan fingerprint density at radius 2 is 2.05 bits per heavy atom. The first-order valence-corrected chi connectivity index (χ1v) is 7.59. The SMILES string of the molecule is CC(c1nnc(N)nc1-c1ccccc1)C1(O)CCCNC1. The Labute approximate surface area is 129 Å². The fourth-order valence-corrected chi connectivity index (χ4v) is 2.98. The van der Waals surface area contributed by atoms with E-state index in [1.165, 1.54) is 0 Å². The Kier molecular flexibility index (Phi) is 4.04. The topological polar surface area (TPSA) is 97.0 Å². The van der Waals surface area contributed by atoms with Crippen LogP contribution in [0, 0.1) is 0 Å². The van der Waals surface area contributed by atoms with Gasteiger partial charge in [-0.15, -0.1) is 10.2 Å². The molecule has 0 saturated carbocycles. The molecular weight excluding hydrogens is 278 g/mol. The second kappa shape index (κ2) is 5.98. The quantitative estimate of drug-likeness (QED) is 0.791. The lowest BCUT2D eigenvalue weighted by Crippen LogP contribution is -2.49. The maximum atomic E-state index is 10.9. The van der Waals surface area contributed by atoms with Gasteiger partial charge in [-0.2, -0.15) is 0 Å². The van der Waals surface area contributed by atoms with Gasteiger partial charge >= 0.3 is 0 Å². The molecule has 0 aliphatic carbocycles. The molecule has 6 nitrogen and oxygen atoms in total. The van der Waals surface area contributed by atoms with Gasteiger partial charge in [-0.3, -0.25) is 0 Å². The molecule has 1 aliphatic heterocycles. The molecule has 0 amide bonds. The first kappa shape index (κ1) is 14.9. The van der Waals surface area contributed by atoms with Crippen molar-refractivity contribution in [2.75, 3.05) is 18.8 Å². The van der Waals surface area contributed by atoms with Crippen molar-refractivity contribution in [2.24, 2.45) is 0 Å². The number of nitrogens with two attached hydrogens (primary N) is 1. The van der Waals surface area contributed by atoms with Crippen LogP contribution in [0.1, 0.15) is 31.4 Å². The van der Waals surface area contributed by atoms with Crippen LogP contribution in [0.5, 0.6) is 0 Å². The predicted molar refractivity (Wildman–Crippen MR) is 85.1 cm³/mol. The number of aromatic nitrogens is 3. The summed E-state index contributed by atoms with van der Waals surface area (Å²) in [7, 11) is 0. The van der Waals surface area contributed by atoms with E-state index in [0.29, 0.717) is 17.9 Å². The predicted octanol–water partition coefficient (Wildman–Crippen LogP) is 1.34. The van der Waals surface area contributed by atoms with Crippen LogP contribution in [-0.4, -0.2) is 39.0 Å². The van der Waals surface area contributed by atoms with Crippen molar-refractivity contribution in [3.8, 4) is 11.3 Å². The summed E-state index contributed by atoms with van der Waals surface area (Å²) in [4.78, 5) is 4.36. The number of benzene rings is 1. The van der Waals surface area contributed by atoms with Crippen LogP contribution in [0.2, 0.25) is 0 Å². The Bertz CT molecular complexity index is 640. The van der Waals surface area contributed by atoms with Crippen molar-refractivity contribution < 1.29 is 5.11 Å². The summed E-state index contributed by atoms with van der Waals surface area (Å²) < 4.78 is 0. The number of rotatable bonds is 3. The van der Waals surface area contributed by atoms with Crippen LogP contribution in [-0.2, 0) is 0 Å². The van der Waals surface area contributed by atoms with E-state index < -0.39 is 5.60 Å². The summed E-state index contributed by atoms with van der Waals surface area (Å²) in [5.41, 5.74) is 7.19. The van der Waals surface area contributed by atoms with Crippen molar-refractivity contribution in [2.45, 2.75) is 31.3 Å². The van der Waals surface area contributed by atoms with Crippen LogP contribution in [0.3, 0.4) is 0 Å². The molecule has 6 heteroatoms. The molecule has 2 unspecified atom stereocenters. The lowest BCUT2D eigenvalue weighted by Gasteiger charge is -2.37. The summed E-state index contributed by atoms with van der Waals surface area (Å²) in [5.74, 6) is -0.0420. The van der Waals surface area contributed by atoms with Crippen molar-refractivity contribution in [3.63, 3.8) is 0 Å². The second-order valence-electron chi connectivity index (χ2n) is 5.88. The normalized spacial score (nSPS) is 23.2. The first-order chi connectivity index (χ1) is 10.6. The van der Waals surface area contributed by atoms with Crippen LogP contribution in [0.15, 0.2) is 30.3 Å². The number of nitrogens with one attached hydrogen (secondary N) is 1. The van der Waals surface area contributed by atoms with Gasteiger partial charge in [0.15, 0.2) is 0 Å². The van der Waals surface area contributed by atoms with Crippen molar-refractivity contribution in [1.29, 1.82) is 0 Å². The van der Waals surface area contributed by atoms with Crippen LogP contribution >= 0.6 is 0 Å². The molecule has 1 aromatic carbocycles. The zero-order valence-electron chi connectivity index (χ0n) is 12.7. The molecule has 2 atom stereocenters. The number of anilines is 1. The standard InChI is InChI=1S/C16H21N5O/c1-11(16(22)8-5-9-18-10-16)13-14(19-15(17)21-20-13)12-6-3-2-4-7-12/h2-4,6-7,11,18,22H,5,8-10H2,1H3,(H2,17,19,21). The zero-order valence-corrected chi connectivity index (χ0v) is 12.7. The molecule has 22 heavy (non-hydrogen) atoms. The highest BCUT2D eigenvalue weighted by Gasteiger charge is 2.38. The molecule has 1 aromatic heterocycles. The van der Waals surface area contributed by atoms with Gasteiger partial charge < -0.3 is 16.2 Å². The molecule has 2 aromatic rings. The Morgan fingerprint density at radius 1 is 1.27 bits per heavy atom. The van der Waals surface area contributed by atoms with Crippen molar-refractivity contribution in [3.05, 3.63) is 36.0 Å². The number of β-amino-alcohol motifs (C(OH)–C–C–N with tert-alkyl or cyclic N) is 1. The minimum Gasteiger partial charge on any atom is -0.388 e.